The first kappa shape index (κ1) is 8.31. The van der Waals surface area contributed by atoms with Gasteiger partial charge in [0, 0.05) is 5.92 Å². The number of fused-ring (bicyclic) bond motifs is 2. The summed E-state index contributed by atoms with van der Waals surface area (Å²) in [5.41, 5.74) is 1.55. The molecular formula is C10H13ClO. The van der Waals surface area contributed by atoms with E-state index in [2.05, 4.69) is 13.0 Å². The van der Waals surface area contributed by atoms with Crippen molar-refractivity contribution >= 4 is 16.8 Å². The molecule has 3 unspecified atom stereocenters. The van der Waals surface area contributed by atoms with E-state index in [0.29, 0.717) is 11.8 Å². The van der Waals surface area contributed by atoms with Crippen LogP contribution >= 0.6 is 11.6 Å². The summed E-state index contributed by atoms with van der Waals surface area (Å²) in [6, 6.07) is 0. The first-order valence-electron chi connectivity index (χ1n) is 4.56. The van der Waals surface area contributed by atoms with E-state index < -0.39 is 0 Å². The summed E-state index contributed by atoms with van der Waals surface area (Å²) in [6.07, 6.45) is 5.53. The van der Waals surface area contributed by atoms with E-state index in [4.69, 9.17) is 11.6 Å². The monoisotopic (exact) mass is 184 g/mol. The minimum atomic E-state index is -0.113. The summed E-state index contributed by atoms with van der Waals surface area (Å²) in [6.45, 7) is 2.09. The lowest BCUT2D eigenvalue weighted by Gasteiger charge is -2.19. The number of allylic oxidation sites excluding steroid dienone is 2. The maximum Gasteiger partial charge on any atom is 0.225 e. The first-order chi connectivity index (χ1) is 5.72. The van der Waals surface area contributed by atoms with Gasteiger partial charge in [0.2, 0.25) is 5.24 Å². The summed E-state index contributed by atoms with van der Waals surface area (Å²) < 4.78 is 0. The van der Waals surface area contributed by atoms with Crippen LogP contribution in [0.4, 0.5) is 0 Å². The SMILES string of the molecule is CC=C1CC2CC1CC2C(=O)Cl. The van der Waals surface area contributed by atoms with Crippen LogP contribution in [0.2, 0.25) is 0 Å². The molecule has 2 aliphatic carbocycles. The number of carbonyl (C=O) groups excluding carboxylic acids is 1. The van der Waals surface area contributed by atoms with Crippen LogP contribution in [0.5, 0.6) is 0 Å². The van der Waals surface area contributed by atoms with Gasteiger partial charge in [-0.3, -0.25) is 4.79 Å². The maximum absolute atomic E-state index is 11.0. The van der Waals surface area contributed by atoms with Crippen molar-refractivity contribution < 1.29 is 4.79 Å². The van der Waals surface area contributed by atoms with Gasteiger partial charge in [0.25, 0.3) is 0 Å². The second-order valence-corrected chi connectivity index (χ2v) is 4.28. The second kappa shape index (κ2) is 2.88. The Morgan fingerprint density at radius 1 is 1.58 bits per heavy atom. The van der Waals surface area contributed by atoms with Gasteiger partial charge in [-0.25, -0.2) is 0 Å². The summed E-state index contributed by atoms with van der Waals surface area (Å²) in [7, 11) is 0. The lowest BCUT2D eigenvalue weighted by molar-refractivity contribution is -0.116. The highest BCUT2D eigenvalue weighted by Gasteiger charge is 2.44. The summed E-state index contributed by atoms with van der Waals surface area (Å²) in [4.78, 5) is 11.0. The van der Waals surface area contributed by atoms with Gasteiger partial charge >= 0.3 is 0 Å². The molecule has 2 saturated carbocycles. The minimum Gasteiger partial charge on any atom is -0.281 e. The fourth-order valence-electron chi connectivity index (χ4n) is 2.75. The van der Waals surface area contributed by atoms with Gasteiger partial charge in [0.05, 0.1) is 0 Å². The van der Waals surface area contributed by atoms with Gasteiger partial charge in [-0.1, -0.05) is 11.6 Å². The lowest BCUT2D eigenvalue weighted by atomic mass is 9.86. The molecule has 1 nitrogen and oxygen atoms in total. The molecule has 0 amide bonds. The van der Waals surface area contributed by atoms with Crippen LogP contribution in [0.25, 0.3) is 0 Å². The Kier molecular flexibility index (Phi) is 1.99. The lowest BCUT2D eigenvalue weighted by Crippen LogP contribution is -2.17. The van der Waals surface area contributed by atoms with Crippen molar-refractivity contribution in [2.75, 3.05) is 0 Å². The van der Waals surface area contributed by atoms with E-state index >= 15 is 0 Å². The van der Waals surface area contributed by atoms with Crippen LogP contribution in [0.3, 0.4) is 0 Å². The van der Waals surface area contributed by atoms with E-state index in [9.17, 15) is 4.79 Å². The predicted molar refractivity (Wildman–Crippen MR) is 48.9 cm³/mol. The number of rotatable bonds is 1. The van der Waals surface area contributed by atoms with Crippen molar-refractivity contribution in [1.82, 2.24) is 0 Å². The topological polar surface area (TPSA) is 17.1 Å². The Morgan fingerprint density at radius 2 is 2.33 bits per heavy atom. The van der Waals surface area contributed by atoms with Gasteiger partial charge in [-0.05, 0) is 49.6 Å². The van der Waals surface area contributed by atoms with Crippen molar-refractivity contribution in [2.45, 2.75) is 26.2 Å². The molecule has 0 aromatic heterocycles. The van der Waals surface area contributed by atoms with Gasteiger partial charge in [0.15, 0.2) is 0 Å². The molecule has 0 aromatic carbocycles. The molecule has 12 heavy (non-hydrogen) atoms. The molecule has 0 heterocycles. The molecule has 0 saturated heterocycles. The Morgan fingerprint density at radius 3 is 2.75 bits per heavy atom. The Hall–Kier alpha value is -0.300. The van der Waals surface area contributed by atoms with Crippen molar-refractivity contribution in [1.29, 1.82) is 0 Å². The fraction of sp³-hybridized carbons (Fsp3) is 0.700. The molecule has 0 spiro atoms. The zero-order valence-corrected chi connectivity index (χ0v) is 7.97. The highest BCUT2D eigenvalue weighted by molar-refractivity contribution is 6.64. The zero-order valence-electron chi connectivity index (χ0n) is 7.22. The smallest absolute Gasteiger partial charge is 0.225 e. The van der Waals surface area contributed by atoms with E-state index in [1.165, 1.54) is 6.42 Å². The standard InChI is InChI=1S/C10H13ClO/c1-2-6-3-8-4-7(6)5-9(8)10(11)12/h2,7-9H,3-5H2,1H3. The van der Waals surface area contributed by atoms with Crippen LogP contribution in [0.1, 0.15) is 26.2 Å². The van der Waals surface area contributed by atoms with E-state index in [0.717, 1.165) is 12.8 Å². The third kappa shape index (κ3) is 1.11. The molecule has 0 N–H and O–H groups in total. The molecular weight excluding hydrogens is 172 g/mol. The number of carbonyl (C=O) groups is 1. The largest absolute Gasteiger partial charge is 0.281 e. The van der Waals surface area contributed by atoms with Crippen molar-refractivity contribution in [2.24, 2.45) is 17.8 Å². The number of hydrogen-bond donors (Lipinski definition) is 0. The van der Waals surface area contributed by atoms with Crippen molar-refractivity contribution in [3.8, 4) is 0 Å². The highest BCUT2D eigenvalue weighted by Crippen LogP contribution is 2.51. The fourth-order valence-corrected chi connectivity index (χ4v) is 3.02. The number of hydrogen-bond acceptors (Lipinski definition) is 1. The molecule has 2 fully saturated rings. The predicted octanol–water partition coefficient (Wildman–Crippen LogP) is 2.74. The summed E-state index contributed by atoms with van der Waals surface area (Å²) >= 11 is 5.51. The molecule has 66 valence electrons. The van der Waals surface area contributed by atoms with Crippen LogP contribution in [0.15, 0.2) is 11.6 Å². The van der Waals surface area contributed by atoms with Gasteiger partial charge in [-0.2, -0.15) is 0 Å². The Bertz CT molecular complexity index is 244. The maximum atomic E-state index is 11.0. The van der Waals surface area contributed by atoms with Crippen LogP contribution < -0.4 is 0 Å². The van der Waals surface area contributed by atoms with Gasteiger partial charge in [-0.15, -0.1) is 0 Å². The van der Waals surface area contributed by atoms with Crippen molar-refractivity contribution in [3.05, 3.63) is 11.6 Å². The highest BCUT2D eigenvalue weighted by atomic mass is 35.5. The van der Waals surface area contributed by atoms with Crippen LogP contribution in [0, 0.1) is 17.8 Å². The Labute approximate surface area is 77.8 Å². The average molecular weight is 185 g/mol. The van der Waals surface area contributed by atoms with Gasteiger partial charge < -0.3 is 0 Å². The van der Waals surface area contributed by atoms with Crippen molar-refractivity contribution in [3.63, 3.8) is 0 Å². The molecule has 0 radical (unpaired) electrons. The second-order valence-electron chi connectivity index (χ2n) is 3.91. The molecule has 2 bridgehead atoms. The normalized spacial score (nSPS) is 42.5. The van der Waals surface area contributed by atoms with Crippen LogP contribution in [-0.2, 0) is 4.79 Å². The van der Waals surface area contributed by atoms with E-state index in [1.807, 2.05) is 0 Å². The van der Waals surface area contributed by atoms with E-state index in [1.54, 1.807) is 5.57 Å². The van der Waals surface area contributed by atoms with Crippen LogP contribution in [-0.4, -0.2) is 5.24 Å². The summed E-state index contributed by atoms with van der Waals surface area (Å²) in [5.74, 6) is 1.40. The molecule has 2 rings (SSSR count). The average Bonchev–Trinajstić information content (AvgIpc) is 2.60. The summed E-state index contributed by atoms with van der Waals surface area (Å²) in [5, 5.41) is -0.113. The van der Waals surface area contributed by atoms with E-state index in [-0.39, 0.29) is 11.2 Å². The number of halogens is 1. The quantitative estimate of drug-likeness (QED) is 0.453. The third-order valence-corrected chi connectivity index (χ3v) is 3.66. The molecule has 2 aliphatic rings. The first-order valence-corrected chi connectivity index (χ1v) is 4.94. The molecule has 3 atom stereocenters. The zero-order chi connectivity index (χ0) is 8.72. The third-order valence-electron chi connectivity index (χ3n) is 3.38. The molecule has 2 heteroatoms. The minimum absolute atomic E-state index is 0.113. The molecule has 0 aliphatic heterocycles. The molecule has 0 aromatic rings. The Balaban J connectivity index is 2.13. The van der Waals surface area contributed by atoms with Gasteiger partial charge in [0.1, 0.15) is 0 Å².